The fourth-order valence-corrected chi connectivity index (χ4v) is 0.383. The van der Waals surface area contributed by atoms with E-state index in [0.29, 0.717) is 19.4 Å². The molecular weight excluding hydrogens is 140 g/mol. The topological polar surface area (TPSA) is 52.9 Å². The molecular formula is C8H18N2O. The van der Waals surface area contributed by atoms with Gasteiger partial charge in [-0.3, -0.25) is 4.79 Å². The van der Waals surface area contributed by atoms with Crippen molar-refractivity contribution >= 4 is 5.91 Å². The summed E-state index contributed by atoms with van der Waals surface area (Å²) in [6.07, 6.45) is 0.886. The number of amides is 1. The first-order valence-electron chi connectivity index (χ1n) is 3.95. The van der Waals surface area contributed by atoms with Crippen molar-refractivity contribution in [1.82, 2.24) is 5.32 Å². The van der Waals surface area contributed by atoms with Crippen molar-refractivity contribution in [1.29, 1.82) is 5.26 Å². The third kappa shape index (κ3) is 12.2. The number of nitriles is 1. The summed E-state index contributed by atoms with van der Waals surface area (Å²) in [5, 5.41) is 10.6. The van der Waals surface area contributed by atoms with Gasteiger partial charge >= 0.3 is 0 Å². The average molecular weight is 158 g/mol. The summed E-state index contributed by atoms with van der Waals surface area (Å²) in [4.78, 5) is 10.5. The van der Waals surface area contributed by atoms with Gasteiger partial charge in [0.1, 0.15) is 0 Å². The van der Waals surface area contributed by atoms with Crippen LogP contribution in [0.4, 0.5) is 0 Å². The van der Waals surface area contributed by atoms with Gasteiger partial charge in [-0.1, -0.05) is 20.8 Å². The minimum Gasteiger partial charge on any atom is -0.355 e. The molecule has 0 heterocycles. The second-order valence-corrected chi connectivity index (χ2v) is 1.61. The monoisotopic (exact) mass is 158 g/mol. The standard InChI is InChI=1S/C6H10N2O.C2H6.H2/c1-2-6(9)8-5-3-4-7;1-2;/h2-3,5H2,1H3,(H,8,9);1-2H3;1H. The Morgan fingerprint density at radius 3 is 2.55 bits per heavy atom. The van der Waals surface area contributed by atoms with Crippen LogP contribution in [0.1, 0.15) is 35.0 Å². The quantitative estimate of drug-likeness (QED) is 0.635. The summed E-state index contributed by atoms with van der Waals surface area (Å²) in [6, 6.07) is 1.93. The summed E-state index contributed by atoms with van der Waals surface area (Å²) < 4.78 is 0. The molecule has 0 aliphatic carbocycles. The Hall–Kier alpha value is -1.04. The fourth-order valence-electron chi connectivity index (χ4n) is 0.383. The normalized spacial score (nSPS) is 7.09. The zero-order valence-corrected chi connectivity index (χ0v) is 7.48. The van der Waals surface area contributed by atoms with Crippen LogP contribution in [-0.2, 0) is 4.79 Å². The number of hydrogen-bond donors (Lipinski definition) is 1. The van der Waals surface area contributed by atoms with E-state index < -0.39 is 0 Å². The van der Waals surface area contributed by atoms with Crippen LogP contribution in [0.3, 0.4) is 0 Å². The summed E-state index contributed by atoms with van der Waals surface area (Å²) in [7, 11) is 0. The smallest absolute Gasteiger partial charge is 0.219 e. The minimum absolute atomic E-state index is 0. The van der Waals surface area contributed by atoms with E-state index in [1.807, 2.05) is 19.9 Å². The van der Waals surface area contributed by atoms with E-state index in [1.54, 1.807) is 6.92 Å². The highest BCUT2D eigenvalue weighted by atomic mass is 16.1. The van der Waals surface area contributed by atoms with Gasteiger partial charge in [-0.05, 0) is 0 Å². The maximum Gasteiger partial charge on any atom is 0.219 e. The van der Waals surface area contributed by atoms with Crippen molar-refractivity contribution in [3.05, 3.63) is 0 Å². The number of hydrogen-bond acceptors (Lipinski definition) is 2. The second-order valence-electron chi connectivity index (χ2n) is 1.61. The van der Waals surface area contributed by atoms with Gasteiger partial charge in [0.15, 0.2) is 0 Å². The Bertz CT molecular complexity index is 132. The van der Waals surface area contributed by atoms with E-state index in [0.717, 1.165) is 0 Å². The highest BCUT2D eigenvalue weighted by Crippen LogP contribution is 1.75. The lowest BCUT2D eigenvalue weighted by molar-refractivity contribution is -0.120. The molecule has 0 saturated heterocycles. The molecule has 0 aromatic carbocycles. The van der Waals surface area contributed by atoms with Crippen molar-refractivity contribution in [2.24, 2.45) is 0 Å². The maximum atomic E-state index is 10.5. The van der Waals surface area contributed by atoms with Crippen molar-refractivity contribution < 1.29 is 6.22 Å². The van der Waals surface area contributed by atoms with E-state index in [9.17, 15) is 4.79 Å². The Labute approximate surface area is 69.9 Å². The van der Waals surface area contributed by atoms with Crippen LogP contribution in [-0.4, -0.2) is 12.5 Å². The van der Waals surface area contributed by atoms with Gasteiger partial charge in [0.2, 0.25) is 5.91 Å². The third-order valence-corrected chi connectivity index (χ3v) is 0.880. The summed E-state index contributed by atoms with van der Waals surface area (Å²) in [6.45, 7) is 6.25. The van der Waals surface area contributed by atoms with Crippen LogP contribution >= 0.6 is 0 Å². The highest BCUT2D eigenvalue weighted by Gasteiger charge is 1.92. The van der Waals surface area contributed by atoms with Gasteiger partial charge in [-0.25, -0.2) is 0 Å². The third-order valence-electron chi connectivity index (χ3n) is 0.880. The molecule has 0 spiro atoms. The summed E-state index contributed by atoms with van der Waals surface area (Å²) in [5.74, 6) is 0.00486. The zero-order chi connectivity index (χ0) is 9.11. The molecule has 0 aromatic heterocycles. The molecule has 0 aliphatic rings. The molecule has 66 valence electrons. The van der Waals surface area contributed by atoms with Crippen LogP contribution in [0.5, 0.6) is 0 Å². The van der Waals surface area contributed by atoms with E-state index in [2.05, 4.69) is 5.32 Å². The van der Waals surface area contributed by atoms with Gasteiger partial charge in [-0.15, -0.1) is 0 Å². The fraction of sp³-hybridized carbons (Fsp3) is 0.750. The van der Waals surface area contributed by atoms with Crippen molar-refractivity contribution in [3.8, 4) is 6.07 Å². The van der Waals surface area contributed by atoms with E-state index in [-0.39, 0.29) is 7.33 Å². The largest absolute Gasteiger partial charge is 0.355 e. The van der Waals surface area contributed by atoms with Crippen LogP contribution < -0.4 is 5.32 Å². The number of nitrogens with one attached hydrogen (secondary N) is 1. The first-order chi connectivity index (χ1) is 5.31. The van der Waals surface area contributed by atoms with Crippen molar-refractivity contribution in [2.45, 2.75) is 33.6 Å². The van der Waals surface area contributed by atoms with E-state index in [4.69, 9.17) is 5.26 Å². The lowest BCUT2D eigenvalue weighted by Crippen LogP contribution is -2.22. The Balaban J connectivity index is -0.000000249. The zero-order valence-electron chi connectivity index (χ0n) is 7.48. The molecule has 0 unspecified atom stereocenters. The Kier molecular flexibility index (Phi) is 13.4. The summed E-state index contributed by atoms with van der Waals surface area (Å²) in [5.41, 5.74) is 0. The molecule has 1 N–H and O–H groups in total. The van der Waals surface area contributed by atoms with Crippen LogP contribution in [0.25, 0.3) is 0 Å². The highest BCUT2D eigenvalue weighted by molar-refractivity contribution is 5.75. The van der Waals surface area contributed by atoms with Crippen molar-refractivity contribution in [2.75, 3.05) is 6.54 Å². The molecule has 1 amide bonds. The molecule has 0 aromatic rings. The molecule has 11 heavy (non-hydrogen) atoms. The number of carbonyl (C=O) groups is 1. The van der Waals surface area contributed by atoms with E-state index in [1.165, 1.54) is 0 Å². The average Bonchev–Trinajstić information content (AvgIpc) is 2.08. The summed E-state index contributed by atoms with van der Waals surface area (Å²) >= 11 is 0. The first-order valence-corrected chi connectivity index (χ1v) is 3.95. The van der Waals surface area contributed by atoms with Gasteiger partial charge in [-0.2, -0.15) is 5.26 Å². The van der Waals surface area contributed by atoms with Gasteiger partial charge in [0, 0.05) is 14.4 Å². The molecule has 0 atom stereocenters. The lowest BCUT2D eigenvalue weighted by atomic mass is 10.4. The molecule has 0 bridgehead atoms. The predicted molar refractivity (Wildman–Crippen MR) is 47.0 cm³/mol. The lowest BCUT2D eigenvalue weighted by Gasteiger charge is -1.96. The molecule has 0 radical (unpaired) electrons. The molecule has 0 saturated carbocycles. The SMILES string of the molecule is CC.CCC(=O)NCCC#N.[HH]. The van der Waals surface area contributed by atoms with E-state index >= 15 is 0 Å². The second kappa shape index (κ2) is 11.7. The molecule has 0 fully saturated rings. The van der Waals surface area contributed by atoms with Crippen LogP contribution in [0.2, 0.25) is 0 Å². The molecule has 3 nitrogen and oxygen atoms in total. The number of carbonyl (C=O) groups excluding carboxylic acids is 1. The van der Waals surface area contributed by atoms with Crippen LogP contribution in [0, 0.1) is 11.3 Å². The molecule has 3 heteroatoms. The number of nitrogens with zero attached hydrogens (tertiary/aromatic N) is 1. The number of rotatable bonds is 3. The Morgan fingerprint density at radius 2 is 2.18 bits per heavy atom. The first kappa shape index (κ1) is 12.6. The maximum absolute atomic E-state index is 10.5. The van der Waals surface area contributed by atoms with Crippen LogP contribution in [0.15, 0.2) is 0 Å². The van der Waals surface area contributed by atoms with Gasteiger partial charge < -0.3 is 5.32 Å². The molecule has 0 aliphatic heterocycles. The van der Waals surface area contributed by atoms with Gasteiger partial charge in [0.25, 0.3) is 0 Å². The van der Waals surface area contributed by atoms with Gasteiger partial charge in [0.05, 0.1) is 12.5 Å². The van der Waals surface area contributed by atoms with Crippen molar-refractivity contribution in [3.63, 3.8) is 0 Å². The molecule has 0 rings (SSSR count). The minimum atomic E-state index is 0. The predicted octanol–water partition coefficient (Wildman–Crippen LogP) is 1.70. The Morgan fingerprint density at radius 1 is 1.64 bits per heavy atom.